The van der Waals surface area contributed by atoms with Crippen LogP contribution in [0.2, 0.25) is 15.1 Å². The van der Waals surface area contributed by atoms with Crippen molar-refractivity contribution in [1.82, 2.24) is 34.8 Å². The Balaban J connectivity index is 1.38. The third-order valence-corrected chi connectivity index (χ3v) is 12.1. The molecule has 1 saturated heterocycles. The molecule has 0 saturated carbocycles. The van der Waals surface area contributed by atoms with Crippen LogP contribution < -0.4 is 10.1 Å². The Hall–Kier alpha value is -5.31. The van der Waals surface area contributed by atoms with Crippen molar-refractivity contribution in [3.8, 4) is 28.3 Å². The van der Waals surface area contributed by atoms with E-state index in [1.807, 2.05) is 58.0 Å². The van der Waals surface area contributed by atoms with Crippen molar-refractivity contribution in [2.24, 2.45) is 0 Å². The van der Waals surface area contributed by atoms with Gasteiger partial charge in [0.1, 0.15) is 30.0 Å². The number of hydrogen-bond acceptors (Lipinski definition) is 12. The second kappa shape index (κ2) is 21.1. The summed E-state index contributed by atoms with van der Waals surface area (Å²) >= 11 is 19.8. The van der Waals surface area contributed by atoms with Crippen LogP contribution in [0, 0.1) is 0 Å². The normalized spacial score (nSPS) is 16.7. The summed E-state index contributed by atoms with van der Waals surface area (Å²) in [6, 6.07) is 18.1. The molecule has 6 aromatic rings. The minimum atomic E-state index is -1.64. The number of aryl methyl sites for hydroxylation is 4. The second-order valence-electron chi connectivity index (χ2n) is 15.3. The molecule has 0 amide bonds. The van der Waals surface area contributed by atoms with E-state index in [-0.39, 0.29) is 19.7 Å². The fraction of sp³-hybridized carbons (Fsp3) is 0.354. The van der Waals surface area contributed by atoms with Gasteiger partial charge >= 0.3 is 5.97 Å². The molecule has 1 N–H and O–H groups in total. The molecule has 1 fully saturated rings. The minimum absolute atomic E-state index is 0.0968. The minimum Gasteiger partial charge on any atom is -0.497 e. The van der Waals surface area contributed by atoms with Gasteiger partial charge in [-0.2, -0.15) is 0 Å². The van der Waals surface area contributed by atoms with E-state index in [0.717, 1.165) is 5.56 Å². The number of nitrogens with zero attached hydrogens (tertiary/aromatic N) is 7. The topological polar surface area (TPSA) is 137 Å². The van der Waals surface area contributed by atoms with Gasteiger partial charge in [0.25, 0.3) is 0 Å². The molecular formula is C48H50Cl3FN8O4. The first-order chi connectivity index (χ1) is 31.1. The van der Waals surface area contributed by atoms with E-state index < -0.39 is 30.4 Å². The van der Waals surface area contributed by atoms with Crippen LogP contribution in [0.4, 0.5) is 10.2 Å². The molecule has 7 rings (SSSR count). The van der Waals surface area contributed by atoms with E-state index >= 15 is 4.79 Å². The van der Waals surface area contributed by atoms with E-state index in [9.17, 15) is 4.39 Å². The Morgan fingerprint density at radius 3 is 2.12 bits per heavy atom. The number of esters is 1. The first-order valence-corrected chi connectivity index (χ1v) is 22.5. The van der Waals surface area contributed by atoms with Crippen molar-refractivity contribution < 1.29 is 23.4 Å². The highest BCUT2D eigenvalue weighted by molar-refractivity contribution is 6.36. The predicted octanol–water partition coefficient (Wildman–Crippen LogP) is 9.96. The number of pyridine rings is 2. The Morgan fingerprint density at radius 1 is 0.828 bits per heavy atom. The van der Waals surface area contributed by atoms with Crippen LogP contribution in [0.3, 0.4) is 0 Å². The number of carbonyl (C=O) groups excluding carboxylic acids is 1. The lowest BCUT2D eigenvalue weighted by molar-refractivity contribution is -0.157. The summed E-state index contributed by atoms with van der Waals surface area (Å²) in [4.78, 5) is 47.0. The maximum Gasteiger partial charge on any atom is 0.336 e. The molecule has 1 aliphatic heterocycles. The van der Waals surface area contributed by atoms with Gasteiger partial charge in [0.2, 0.25) is 0 Å². The largest absolute Gasteiger partial charge is 0.497 e. The summed E-state index contributed by atoms with van der Waals surface area (Å²) in [5.41, 5.74) is 5.44. The molecule has 4 aromatic heterocycles. The maximum absolute atomic E-state index is 15.7. The number of alkyl halides is 1. The number of hydrogen-bond donors (Lipinski definition) is 1. The second-order valence-corrected chi connectivity index (χ2v) is 16.5. The van der Waals surface area contributed by atoms with Crippen LogP contribution in [-0.2, 0) is 46.5 Å². The van der Waals surface area contributed by atoms with E-state index in [4.69, 9.17) is 68.9 Å². The molecule has 16 heteroatoms. The average Bonchev–Trinajstić information content (AvgIpc) is 3.66. The maximum atomic E-state index is 15.7. The number of benzene rings is 2. The summed E-state index contributed by atoms with van der Waals surface area (Å²) < 4.78 is 32.7. The van der Waals surface area contributed by atoms with Crippen molar-refractivity contribution >= 4 is 46.6 Å². The van der Waals surface area contributed by atoms with Crippen molar-refractivity contribution in [3.63, 3.8) is 0 Å². The van der Waals surface area contributed by atoms with Crippen LogP contribution in [0.1, 0.15) is 73.4 Å². The van der Waals surface area contributed by atoms with Gasteiger partial charge in [0.15, 0.2) is 11.6 Å². The zero-order valence-corrected chi connectivity index (χ0v) is 38.6. The molecule has 1 aliphatic rings. The number of aromatic nitrogens is 6. The molecule has 0 radical (unpaired) electrons. The van der Waals surface area contributed by atoms with Crippen LogP contribution >= 0.6 is 34.8 Å². The van der Waals surface area contributed by atoms with E-state index in [1.54, 1.807) is 62.2 Å². The van der Waals surface area contributed by atoms with E-state index in [0.29, 0.717) is 115 Å². The molecule has 5 heterocycles. The molecule has 0 bridgehead atoms. The molecule has 0 aliphatic carbocycles. The summed E-state index contributed by atoms with van der Waals surface area (Å²) in [6.45, 7) is 7.64. The molecule has 334 valence electrons. The third kappa shape index (κ3) is 9.99. The Labute approximate surface area is 387 Å². The van der Waals surface area contributed by atoms with Gasteiger partial charge in [-0.15, -0.1) is 0 Å². The number of likely N-dealkylation sites (tertiary alicyclic amines) is 1. The van der Waals surface area contributed by atoms with Crippen LogP contribution in [-0.4, -0.2) is 85.9 Å². The third-order valence-electron chi connectivity index (χ3n) is 11.2. The average molecular weight is 928 g/mol. The molecule has 3 atom stereocenters. The van der Waals surface area contributed by atoms with Gasteiger partial charge in [-0.05, 0) is 85.8 Å². The monoisotopic (exact) mass is 926 g/mol. The molecule has 64 heavy (non-hydrogen) atoms. The van der Waals surface area contributed by atoms with Gasteiger partial charge in [0.05, 0.1) is 57.9 Å². The van der Waals surface area contributed by atoms with Gasteiger partial charge in [0, 0.05) is 66.1 Å². The fourth-order valence-corrected chi connectivity index (χ4v) is 8.79. The Kier molecular flexibility index (Phi) is 15.4. The van der Waals surface area contributed by atoms with Crippen LogP contribution in [0.25, 0.3) is 22.5 Å². The summed E-state index contributed by atoms with van der Waals surface area (Å²) in [7, 11) is 1.58. The van der Waals surface area contributed by atoms with Gasteiger partial charge in [-0.3, -0.25) is 14.9 Å². The summed E-state index contributed by atoms with van der Waals surface area (Å²) in [5, 5.41) is 4.95. The fourth-order valence-electron chi connectivity index (χ4n) is 8.03. The van der Waals surface area contributed by atoms with Gasteiger partial charge < -0.3 is 19.5 Å². The molecular weight excluding hydrogens is 878 g/mol. The number of halogens is 4. The zero-order chi connectivity index (χ0) is 45.4. The lowest BCUT2D eigenvalue weighted by Gasteiger charge is -2.35. The number of rotatable bonds is 18. The first kappa shape index (κ1) is 46.7. The molecule has 0 spiro atoms. The van der Waals surface area contributed by atoms with Gasteiger partial charge in [-0.1, -0.05) is 68.6 Å². The number of ether oxygens (including phenoxy) is 3. The molecule has 2 aromatic carbocycles. The lowest BCUT2D eigenvalue weighted by atomic mass is 9.94. The zero-order valence-electron chi connectivity index (χ0n) is 36.4. The SMILES string of the molecule is CCc1nc(-c2ccc(OC)cc2Cl)c(CC)nc1N[C@]1(C(=O)OC(c2ccncc2)c2nc(CC)c(-c3ccc(Cl)cc3Cl)nc2CC)CN(Cc2cccnc2)C[C@@H]1OCCF. The summed E-state index contributed by atoms with van der Waals surface area (Å²) in [5.74, 6) is 0.317. The van der Waals surface area contributed by atoms with Crippen LogP contribution in [0.5, 0.6) is 5.75 Å². The smallest absolute Gasteiger partial charge is 0.336 e. The number of nitrogens with one attached hydrogen (secondary N) is 1. The molecule has 1 unspecified atom stereocenters. The van der Waals surface area contributed by atoms with Gasteiger partial charge in [-0.25, -0.2) is 29.1 Å². The highest BCUT2D eigenvalue weighted by Gasteiger charge is 2.56. The predicted molar refractivity (Wildman–Crippen MR) is 248 cm³/mol. The number of carbonyl (C=O) groups is 1. The van der Waals surface area contributed by atoms with E-state index in [1.165, 1.54) is 0 Å². The number of anilines is 1. The summed E-state index contributed by atoms with van der Waals surface area (Å²) in [6.07, 6.45) is 6.69. The highest BCUT2D eigenvalue weighted by atomic mass is 35.5. The molecule has 12 nitrogen and oxygen atoms in total. The van der Waals surface area contributed by atoms with Crippen molar-refractivity contribution in [3.05, 3.63) is 140 Å². The van der Waals surface area contributed by atoms with Crippen molar-refractivity contribution in [1.29, 1.82) is 0 Å². The highest BCUT2D eigenvalue weighted by Crippen LogP contribution is 2.39. The van der Waals surface area contributed by atoms with Crippen LogP contribution in [0.15, 0.2) is 85.5 Å². The van der Waals surface area contributed by atoms with Crippen molar-refractivity contribution in [2.75, 3.05) is 38.8 Å². The number of methoxy groups -OCH3 is 1. The van der Waals surface area contributed by atoms with Crippen molar-refractivity contribution in [2.45, 2.75) is 77.7 Å². The quantitative estimate of drug-likeness (QED) is 0.0822. The lowest BCUT2D eigenvalue weighted by Crippen LogP contribution is -2.58. The van der Waals surface area contributed by atoms with E-state index in [2.05, 4.69) is 20.2 Å². The Bertz CT molecular complexity index is 2580. The standard InChI is InChI=1S/C48H50Cl3FN8O4/c1-6-37-42(33-14-12-31(49)23-35(33)50)55-39(8-3)44(56-37)45(30-16-20-53-21-17-30)64-47(61)48(28-60(27-41(48)63-22-18-52)26-29-11-10-19-54-25-29)59-46-40(9-4)57-43(38(7-2)58-46)34-15-13-32(62-5)24-36(34)51/h10-17,19-21,23-25,41,45H,6-9,18,22,26-28H2,1-5H3,(H,58,59)/t41-,45?,48+/m0/s1. The first-order valence-electron chi connectivity index (χ1n) is 21.3. The Morgan fingerprint density at radius 2 is 1.50 bits per heavy atom.